The van der Waals surface area contributed by atoms with Gasteiger partial charge >= 0.3 is 0 Å². The lowest BCUT2D eigenvalue weighted by Gasteiger charge is -2.13. The highest BCUT2D eigenvalue weighted by Crippen LogP contribution is 2.17. The molecule has 29 heavy (non-hydrogen) atoms. The number of rotatable bonds is 9. The first-order valence-corrected chi connectivity index (χ1v) is 11.3. The lowest BCUT2D eigenvalue weighted by molar-refractivity contribution is 0.555. The van der Waals surface area contributed by atoms with Crippen molar-refractivity contribution in [3.05, 3.63) is 47.3 Å². The van der Waals surface area contributed by atoms with Crippen LogP contribution in [0.3, 0.4) is 0 Å². The van der Waals surface area contributed by atoms with Crippen LogP contribution >= 0.6 is 24.0 Å². The summed E-state index contributed by atoms with van der Waals surface area (Å²) in [7, 11) is -3.33. The van der Waals surface area contributed by atoms with Crippen LogP contribution in [0.4, 0.5) is 5.69 Å². The molecule has 0 aliphatic carbocycles. The van der Waals surface area contributed by atoms with Crippen LogP contribution in [0.15, 0.2) is 35.3 Å². The van der Waals surface area contributed by atoms with Crippen molar-refractivity contribution < 1.29 is 8.42 Å². The normalized spacial score (nSPS) is 11.7. The molecule has 0 aliphatic rings. The van der Waals surface area contributed by atoms with Gasteiger partial charge in [0.2, 0.25) is 10.0 Å². The number of aliphatic imine (C=N–C) groups is 1. The summed E-state index contributed by atoms with van der Waals surface area (Å²) in [4.78, 5) is 4.58. The molecule has 0 fully saturated rings. The maximum absolute atomic E-state index is 11.5. The second kappa shape index (κ2) is 12.0. The number of aryl methyl sites for hydroxylation is 3. The van der Waals surface area contributed by atoms with Gasteiger partial charge in [-0.25, -0.2) is 13.4 Å². The Morgan fingerprint density at radius 1 is 1.21 bits per heavy atom. The number of guanidine groups is 1. The smallest absolute Gasteiger partial charge is 0.229 e. The summed E-state index contributed by atoms with van der Waals surface area (Å²) in [5.41, 5.74) is 3.55. The Bertz CT molecular complexity index is 911. The summed E-state index contributed by atoms with van der Waals surface area (Å²) in [6.45, 7) is 8.76. The third-order valence-corrected chi connectivity index (χ3v) is 4.60. The summed E-state index contributed by atoms with van der Waals surface area (Å²) in [6.07, 6.45) is 2.06. The predicted molar refractivity (Wildman–Crippen MR) is 129 cm³/mol. The maximum atomic E-state index is 11.5. The van der Waals surface area contributed by atoms with Gasteiger partial charge in [0, 0.05) is 25.3 Å². The maximum Gasteiger partial charge on any atom is 0.229 e. The number of sulfonamides is 1. The molecule has 162 valence electrons. The van der Waals surface area contributed by atoms with E-state index in [1.165, 1.54) is 0 Å². The molecule has 1 heterocycles. The molecule has 2 rings (SSSR count). The van der Waals surface area contributed by atoms with Crippen molar-refractivity contribution in [3.8, 4) is 0 Å². The topological polar surface area (TPSA) is 100 Å². The first-order valence-electron chi connectivity index (χ1n) is 9.37. The van der Waals surface area contributed by atoms with Crippen LogP contribution in [0.25, 0.3) is 0 Å². The molecule has 0 amide bonds. The molecule has 1 aromatic heterocycles. The first kappa shape index (κ1) is 25.2. The molecule has 0 spiro atoms. The predicted octanol–water partition coefficient (Wildman–Crippen LogP) is 2.63. The third kappa shape index (κ3) is 9.03. The van der Waals surface area contributed by atoms with Crippen molar-refractivity contribution in [3.63, 3.8) is 0 Å². The molecule has 10 heteroatoms. The minimum absolute atomic E-state index is 0. The number of benzene rings is 1. The van der Waals surface area contributed by atoms with E-state index >= 15 is 0 Å². The minimum Gasteiger partial charge on any atom is -0.357 e. The third-order valence-electron chi connectivity index (χ3n) is 4.01. The number of hydrogen-bond donors (Lipinski definition) is 3. The van der Waals surface area contributed by atoms with Gasteiger partial charge in [-0.3, -0.25) is 9.40 Å². The zero-order valence-electron chi connectivity index (χ0n) is 17.4. The van der Waals surface area contributed by atoms with Crippen LogP contribution < -0.4 is 15.4 Å². The van der Waals surface area contributed by atoms with Crippen molar-refractivity contribution in [2.75, 3.05) is 24.1 Å². The van der Waals surface area contributed by atoms with E-state index < -0.39 is 10.0 Å². The fraction of sp³-hybridized carbons (Fsp3) is 0.474. The fourth-order valence-corrected chi connectivity index (χ4v) is 3.40. The van der Waals surface area contributed by atoms with Gasteiger partial charge in [-0.1, -0.05) is 18.2 Å². The van der Waals surface area contributed by atoms with Crippen LogP contribution in [0.1, 0.15) is 30.3 Å². The Balaban J connectivity index is 0.00000420. The largest absolute Gasteiger partial charge is 0.357 e. The van der Waals surface area contributed by atoms with E-state index in [1.807, 2.05) is 30.7 Å². The van der Waals surface area contributed by atoms with E-state index in [0.717, 1.165) is 49.3 Å². The zero-order valence-corrected chi connectivity index (χ0v) is 20.5. The zero-order chi connectivity index (χ0) is 20.6. The van der Waals surface area contributed by atoms with Gasteiger partial charge in [-0.2, -0.15) is 5.10 Å². The molecule has 0 atom stereocenters. The number of nitrogens with one attached hydrogen (secondary N) is 3. The van der Waals surface area contributed by atoms with E-state index in [9.17, 15) is 8.42 Å². The molecular formula is C19H31IN6O2S. The highest BCUT2D eigenvalue weighted by molar-refractivity contribution is 14.0. The molecule has 0 aliphatic heterocycles. The van der Waals surface area contributed by atoms with Crippen molar-refractivity contribution in [1.29, 1.82) is 0 Å². The van der Waals surface area contributed by atoms with Crippen LogP contribution in [-0.2, 0) is 23.1 Å². The molecular weight excluding hydrogens is 503 g/mol. The second-order valence-corrected chi connectivity index (χ2v) is 8.41. The van der Waals surface area contributed by atoms with Crippen LogP contribution in [0.2, 0.25) is 0 Å². The van der Waals surface area contributed by atoms with Crippen LogP contribution in [-0.4, -0.2) is 43.5 Å². The van der Waals surface area contributed by atoms with Gasteiger partial charge < -0.3 is 10.6 Å². The summed E-state index contributed by atoms with van der Waals surface area (Å²) in [5, 5.41) is 11.0. The molecule has 0 saturated heterocycles. The minimum atomic E-state index is -3.33. The molecule has 1 aromatic carbocycles. The second-order valence-electron chi connectivity index (χ2n) is 6.66. The molecule has 0 saturated carbocycles. The number of aromatic nitrogens is 2. The monoisotopic (exact) mass is 534 g/mol. The van der Waals surface area contributed by atoms with Gasteiger partial charge in [0.05, 0.1) is 24.2 Å². The van der Waals surface area contributed by atoms with E-state index in [1.54, 1.807) is 12.1 Å². The lowest BCUT2D eigenvalue weighted by Crippen LogP contribution is -2.38. The Morgan fingerprint density at radius 2 is 1.93 bits per heavy atom. The van der Waals surface area contributed by atoms with Gasteiger partial charge in [0.25, 0.3) is 0 Å². The Hall–Kier alpha value is -1.82. The van der Waals surface area contributed by atoms with Crippen LogP contribution in [0.5, 0.6) is 0 Å². The van der Waals surface area contributed by atoms with Crippen molar-refractivity contribution in [2.45, 2.75) is 40.3 Å². The van der Waals surface area contributed by atoms with Gasteiger partial charge in [-0.05, 0) is 44.9 Å². The van der Waals surface area contributed by atoms with E-state index in [-0.39, 0.29) is 24.0 Å². The molecule has 3 N–H and O–H groups in total. The van der Waals surface area contributed by atoms with E-state index in [2.05, 4.69) is 38.4 Å². The quantitative estimate of drug-likeness (QED) is 0.199. The van der Waals surface area contributed by atoms with E-state index in [4.69, 9.17) is 0 Å². The summed E-state index contributed by atoms with van der Waals surface area (Å²) < 4.78 is 27.6. The summed E-state index contributed by atoms with van der Waals surface area (Å²) >= 11 is 0. The summed E-state index contributed by atoms with van der Waals surface area (Å²) in [5.74, 6) is 0.699. The van der Waals surface area contributed by atoms with Crippen molar-refractivity contribution in [1.82, 2.24) is 20.4 Å². The van der Waals surface area contributed by atoms with Crippen molar-refractivity contribution in [2.24, 2.45) is 4.99 Å². The average molecular weight is 534 g/mol. The number of para-hydroxylation sites is 1. The number of hydrogen-bond acceptors (Lipinski definition) is 4. The van der Waals surface area contributed by atoms with Gasteiger partial charge in [-0.15, -0.1) is 24.0 Å². The Labute approximate surface area is 190 Å². The van der Waals surface area contributed by atoms with Crippen molar-refractivity contribution >= 4 is 45.6 Å². The fourth-order valence-electron chi connectivity index (χ4n) is 2.80. The average Bonchev–Trinajstić information content (AvgIpc) is 2.93. The highest BCUT2D eigenvalue weighted by atomic mass is 127. The Kier molecular flexibility index (Phi) is 10.4. The standard InChI is InChI=1S/C19H30N6O2S.HI/c1-5-20-19(21-11-8-12-25-16(3)13-15(2)23-25)22-14-17-9-6-7-10-18(17)24-28(4,26)27;/h6-7,9-10,13,24H,5,8,11-12,14H2,1-4H3,(H2,20,21,22);1H. The molecule has 0 radical (unpaired) electrons. The van der Waals surface area contributed by atoms with Crippen LogP contribution in [0, 0.1) is 13.8 Å². The molecule has 0 unspecified atom stereocenters. The Morgan fingerprint density at radius 3 is 2.55 bits per heavy atom. The van der Waals surface area contributed by atoms with Gasteiger partial charge in [0.1, 0.15) is 0 Å². The molecule has 2 aromatic rings. The molecule has 8 nitrogen and oxygen atoms in total. The number of nitrogens with zero attached hydrogens (tertiary/aromatic N) is 3. The number of anilines is 1. The highest BCUT2D eigenvalue weighted by Gasteiger charge is 2.07. The summed E-state index contributed by atoms with van der Waals surface area (Å²) in [6, 6.07) is 9.33. The first-order chi connectivity index (χ1) is 13.3. The van der Waals surface area contributed by atoms with Gasteiger partial charge in [0.15, 0.2) is 5.96 Å². The molecule has 0 bridgehead atoms. The SMILES string of the molecule is CCNC(=NCc1ccccc1NS(C)(=O)=O)NCCCn1nc(C)cc1C.I. The van der Waals surface area contributed by atoms with E-state index in [0.29, 0.717) is 18.2 Å². The lowest BCUT2D eigenvalue weighted by atomic mass is 10.2. The number of halogens is 1.